The van der Waals surface area contributed by atoms with Gasteiger partial charge in [-0.2, -0.15) is 0 Å². The molecule has 2 N–H and O–H groups in total. The molecule has 1 aliphatic carbocycles. The minimum Gasteiger partial charge on any atom is -0.494 e. The Balaban J connectivity index is 1.04. The number of nitrogens with one attached hydrogen (secondary N) is 1. The van der Waals surface area contributed by atoms with Gasteiger partial charge in [0.1, 0.15) is 11.6 Å². The first-order valence-electron chi connectivity index (χ1n) is 11.6. The number of aliphatic carboxylic acids is 1. The van der Waals surface area contributed by atoms with Crippen LogP contribution in [-0.4, -0.2) is 34.2 Å². The Morgan fingerprint density at radius 2 is 2.00 bits per heavy atom. The van der Waals surface area contributed by atoms with E-state index in [9.17, 15) is 4.79 Å². The van der Waals surface area contributed by atoms with Crippen molar-refractivity contribution in [1.82, 2.24) is 15.3 Å². The number of ether oxygens (including phenoxy) is 1. The lowest BCUT2D eigenvalue weighted by Gasteiger charge is -2.11. The van der Waals surface area contributed by atoms with E-state index in [0.29, 0.717) is 13.2 Å². The molecule has 2 heterocycles. The van der Waals surface area contributed by atoms with Gasteiger partial charge in [0.2, 0.25) is 0 Å². The second-order valence-electron chi connectivity index (χ2n) is 8.61. The average Bonchev–Trinajstić information content (AvgIpc) is 3.45. The molecular formula is C27H27N3O3S. The van der Waals surface area contributed by atoms with Crippen molar-refractivity contribution in [2.24, 2.45) is 0 Å². The summed E-state index contributed by atoms with van der Waals surface area (Å²) in [7, 11) is 0. The second-order valence-corrected chi connectivity index (χ2v) is 9.69. The fourth-order valence-corrected chi connectivity index (χ4v) is 5.52. The zero-order chi connectivity index (χ0) is 23.3. The van der Waals surface area contributed by atoms with Crippen molar-refractivity contribution in [3.05, 3.63) is 77.9 Å². The maximum absolute atomic E-state index is 11.0. The van der Waals surface area contributed by atoms with Crippen molar-refractivity contribution < 1.29 is 14.6 Å². The fourth-order valence-electron chi connectivity index (χ4n) is 4.48. The van der Waals surface area contributed by atoms with Crippen LogP contribution >= 0.6 is 11.3 Å². The smallest absolute Gasteiger partial charge is 0.303 e. The third kappa shape index (κ3) is 5.26. The molecule has 6 nitrogen and oxygen atoms in total. The maximum atomic E-state index is 11.0. The third-order valence-corrected chi connectivity index (χ3v) is 7.37. The van der Waals surface area contributed by atoms with Gasteiger partial charge in [-0.3, -0.25) is 4.79 Å². The topological polar surface area (TPSA) is 84.3 Å². The predicted octanol–water partition coefficient (Wildman–Crippen LogP) is 5.42. The van der Waals surface area contributed by atoms with Crippen LogP contribution in [0.2, 0.25) is 0 Å². The molecule has 0 amide bonds. The summed E-state index contributed by atoms with van der Waals surface area (Å²) in [5.41, 5.74) is 3.43. The van der Waals surface area contributed by atoms with E-state index in [0.717, 1.165) is 48.5 Å². The summed E-state index contributed by atoms with van der Waals surface area (Å²) in [6.45, 7) is 2.06. The molecule has 0 saturated heterocycles. The molecule has 34 heavy (non-hydrogen) atoms. The number of aromatic nitrogens is 2. The Bertz CT molecular complexity index is 1250. The number of rotatable bonds is 10. The maximum Gasteiger partial charge on any atom is 0.303 e. The van der Waals surface area contributed by atoms with Crippen molar-refractivity contribution in [2.45, 2.75) is 38.1 Å². The van der Waals surface area contributed by atoms with Gasteiger partial charge in [-0.1, -0.05) is 24.3 Å². The Morgan fingerprint density at radius 3 is 2.82 bits per heavy atom. The molecule has 2 aromatic heterocycles. The lowest BCUT2D eigenvalue weighted by molar-refractivity contribution is -0.137. The molecule has 0 saturated carbocycles. The zero-order valence-corrected chi connectivity index (χ0v) is 19.7. The monoisotopic (exact) mass is 473 g/mol. The van der Waals surface area contributed by atoms with Gasteiger partial charge in [0.05, 0.1) is 19.6 Å². The molecule has 5 rings (SSSR count). The molecule has 1 atom stereocenters. The first kappa shape index (κ1) is 22.5. The van der Waals surface area contributed by atoms with E-state index in [4.69, 9.17) is 9.84 Å². The molecule has 1 aliphatic rings. The number of benzene rings is 2. The van der Waals surface area contributed by atoms with Crippen LogP contribution in [0, 0.1) is 0 Å². The molecule has 7 heteroatoms. The van der Waals surface area contributed by atoms with Crippen molar-refractivity contribution >= 4 is 27.4 Å². The number of carboxylic acid groups (broad SMARTS) is 1. The van der Waals surface area contributed by atoms with Gasteiger partial charge in [-0.15, -0.1) is 11.3 Å². The van der Waals surface area contributed by atoms with E-state index in [1.807, 2.05) is 24.5 Å². The Hall–Kier alpha value is -3.29. The molecule has 0 bridgehead atoms. The van der Waals surface area contributed by atoms with Crippen LogP contribution in [-0.2, 0) is 17.8 Å². The zero-order valence-electron chi connectivity index (χ0n) is 18.9. The number of thiophene rings is 1. The summed E-state index contributed by atoms with van der Waals surface area (Å²) < 4.78 is 7.17. The first-order valence-corrected chi connectivity index (χ1v) is 12.5. The first-order chi connectivity index (χ1) is 16.7. The van der Waals surface area contributed by atoms with Crippen LogP contribution in [0.3, 0.4) is 0 Å². The van der Waals surface area contributed by atoms with Crippen LogP contribution in [0.25, 0.3) is 20.5 Å². The molecule has 0 radical (unpaired) electrons. The normalized spacial score (nSPS) is 14.9. The summed E-state index contributed by atoms with van der Waals surface area (Å²) >= 11 is 1.76. The number of carboxylic acids is 1. The lowest BCUT2D eigenvalue weighted by atomic mass is 9.98. The van der Waals surface area contributed by atoms with Crippen molar-refractivity contribution in [2.75, 3.05) is 13.2 Å². The Labute approximate surface area is 202 Å². The van der Waals surface area contributed by atoms with E-state index < -0.39 is 5.97 Å². The number of hydrogen-bond acceptors (Lipinski definition) is 6. The summed E-state index contributed by atoms with van der Waals surface area (Å²) in [6, 6.07) is 16.6. The van der Waals surface area contributed by atoms with Gasteiger partial charge in [-0.05, 0) is 72.5 Å². The lowest BCUT2D eigenvalue weighted by Crippen LogP contribution is -2.18. The fraction of sp³-hybridized carbons (Fsp3) is 0.296. The minimum absolute atomic E-state index is 0.131. The number of aryl methyl sites for hydroxylation is 1. The molecule has 0 spiro atoms. The van der Waals surface area contributed by atoms with Crippen molar-refractivity contribution in [3.63, 3.8) is 0 Å². The van der Waals surface area contributed by atoms with Crippen LogP contribution in [0.4, 0.5) is 0 Å². The number of fused-ring (bicyclic) bond motifs is 2. The van der Waals surface area contributed by atoms with E-state index in [2.05, 4.69) is 51.7 Å². The Kier molecular flexibility index (Phi) is 6.83. The van der Waals surface area contributed by atoms with E-state index >= 15 is 0 Å². The summed E-state index contributed by atoms with van der Waals surface area (Å²) in [5.74, 6) is 1.03. The number of hydrogen-bond donors (Lipinski definition) is 2. The molecule has 0 aliphatic heterocycles. The number of nitrogens with zero attached hydrogens (tertiary/aromatic N) is 2. The quantitative estimate of drug-likeness (QED) is 0.299. The van der Waals surface area contributed by atoms with Gasteiger partial charge >= 0.3 is 5.97 Å². The third-order valence-electron chi connectivity index (χ3n) is 6.20. The highest BCUT2D eigenvalue weighted by molar-refractivity contribution is 7.22. The standard InChI is InChI=1S/C27H27N3O3S/c31-27(32)14-19-7-6-18-12-22(8-9-23(18)19)33-11-3-10-28-17-26-29-15-21(16-30-26)25-13-20-4-1-2-5-24(20)34-25/h1-2,4-5,8-9,12-13,15-16,19,28H,3,6-7,10-11,14,17H2,(H,31,32)/t19-/m0/s1. The molecule has 2 aromatic carbocycles. The molecule has 0 fully saturated rings. The highest BCUT2D eigenvalue weighted by Gasteiger charge is 2.24. The van der Waals surface area contributed by atoms with Gasteiger partial charge in [0.25, 0.3) is 0 Å². The predicted molar refractivity (Wildman–Crippen MR) is 134 cm³/mol. The molecule has 0 unspecified atom stereocenters. The Morgan fingerprint density at radius 1 is 1.15 bits per heavy atom. The van der Waals surface area contributed by atoms with Gasteiger partial charge < -0.3 is 15.2 Å². The highest BCUT2D eigenvalue weighted by Crippen LogP contribution is 2.37. The summed E-state index contributed by atoms with van der Waals surface area (Å²) in [6.07, 6.45) is 6.70. The van der Waals surface area contributed by atoms with Gasteiger partial charge in [-0.25, -0.2) is 9.97 Å². The minimum atomic E-state index is -0.733. The van der Waals surface area contributed by atoms with Crippen LogP contribution < -0.4 is 10.1 Å². The second kappa shape index (κ2) is 10.3. The van der Waals surface area contributed by atoms with E-state index in [1.54, 1.807) is 11.3 Å². The van der Waals surface area contributed by atoms with E-state index in [-0.39, 0.29) is 12.3 Å². The van der Waals surface area contributed by atoms with Crippen molar-refractivity contribution in [1.29, 1.82) is 0 Å². The highest BCUT2D eigenvalue weighted by atomic mass is 32.1. The average molecular weight is 474 g/mol. The largest absolute Gasteiger partial charge is 0.494 e. The summed E-state index contributed by atoms with van der Waals surface area (Å²) in [5, 5.41) is 13.7. The van der Waals surface area contributed by atoms with Crippen LogP contribution in [0.15, 0.2) is 60.9 Å². The van der Waals surface area contributed by atoms with Crippen LogP contribution in [0.1, 0.15) is 42.1 Å². The van der Waals surface area contributed by atoms with E-state index in [1.165, 1.54) is 20.5 Å². The van der Waals surface area contributed by atoms with Gasteiger partial charge in [0.15, 0.2) is 0 Å². The molecular weight excluding hydrogens is 446 g/mol. The van der Waals surface area contributed by atoms with Crippen LogP contribution in [0.5, 0.6) is 5.75 Å². The van der Waals surface area contributed by atoms with Gasteiger partial charge in [0, 0.05) is 27.5 Å². The summed E-state index contributed by atoms with van der Waals surface area (Å²) in [4.78, 5) is 21.2. The number of carbonyl (C=O) groups is 1. The molecule has 4 aromatic rings. The SMILES string of the molecule is O=C(O)C[C@@H]1CCc2cc(OCCCNCc3ncc(-c4cc5ccccc5s4)cn3)ccc21. The molecule has 174 valence electrons. The van der Waals surface area contributed by atoms with Crippen molar-refractivity contribution in [3.8, 4) is 16.2 Å².